The maximum absolute atomic E-state index is 13.6. The zero-order chi connectivity index (χ0) is 22.7. The fourth-order valence-corrected chi connectivity index (χ4v) is 5.13. The first kappa shape index (κ1) is 22.8. The molecular formula is C25H37N5O2. The zero-order valence-corrected chi connectivity index (χ0v) is 19.8. The molecule has 1 aromatic heterocycles. The largest absolute Gasteiger partial charge is 0.346 e. The van der Waals surface area contributed by atoms with Crippen LogP contribution in [0.2, 0.25) is 0 Å². The number of aromatic nitrogens is 1. The molecule has 2 saturated heterocycles. The van der Waals surface area contributed by atoms with Crippen LogP contribution in [0.15, 0.2) is 30.3 Å². The molecule has 2 fully saturated rings. The van der Waals surface area contributed by atoms with Gasteiger partial charge in [0.1, 0.15) is 6.04 Å². The number of likely N-dealkylation sites (N-methyl/N-ethyl adjacent to an activating group) is 1. The molecule has 1 aromatic carbocycles. The minimum atomic E-state index is -0.314. The van der Waals surface area contributed by atoms with Crippen molar-refractivity contribution in [2.45, 2.75) is 38.8 Å². The minimum Gasteiger partial charge on any atom is -0.346 e. The molecule has 2 aromatic rings. The summed E-state index contributed by atoms with van der Waals surface area (Å²) in [5.74, 6) is 0.101. The third-order valence-electron chi connectivity index (χ3n) is 7.16. The van der Waals surface area contributed by atoms with Crippen molar-refractivity contribution in [3.05, 3.63) is 36.0 Å². The summed E-state index contributed by atoms with van der Waals surface area (Å²) in [4.78, 5) is 34.3. The summed E-state index contributed by atoms with van der Waals surface area (Å²) >= 11 is 0. The number of piperazine rings is 1. The summed E-state index contributed by atoms with van der Waals surface area (Å²) in [6, 6.07) is 10.2. The molecule has 7 nitrogen and oxygen atoms in total. The van der Waals surface area contributed by atoms with Crippen LogP contribution in [0.5, 0.6) is 0 Å². The van der Waals surface area contributed by atoms with Gasteiger partial charge in [0.15, 0.2) is 0 Å². The van der Waals surface area contributed by atoms with Crippen LogP contribution < -0.4 is 0 Å². The topological polar surface area (TPSA) is 52.0 Å². The molecule has 1 atom stereocenters. The smallest absolute Gasteiger partial charge is 0.245 e. The van der Waals surface area contributed by atoms with E-state index in [0.29, 0.717) is 13.1 Å². The van der Waals surface area contributed by atoms with Crippen LogP contribution in [0.25, 0.3) is 10.9 Å². The van der Waals surface area contributed by atoms with Gasteiger partial charge in [-0.3, -0.25) is 9.59 Å². The SMILES string of the molecule is CC(=O)N1CCCC1C(=O)N(CCCN1CCN(C)CC1)Cc1cc2ccccc2n1C. The van der Waals surface area contributed by atoms with Gasteiger partial charge in [0.05, 0.1) is 6.54 Å². The van der Waals surface area contributed by atoms with E-state index in [-0.39, 0.29) is 17.9 Å². The summed E-state index contributed by atoms with van der Waals surface area (Å²) in [7, 11) is 4.24. The van der Waals surface area contributed by atoms with Crippen LogP contribution in [0.3, 0.4) is 0 Å². The van der Waals surface area contributed by atoms with E-state index in [0.717, 1.165) is 64.2 Å². The molecule has 0 spiro atoms. The highest BCUT2D eigenvalue weighted by Crippen LogP contribution is 2.23. The molecule has 0 radical (unpaired) electrons. The number of amides is 2. The molecule has 2 aliphatic rings. The van der Waals surface area contributed by atoms with Gasteiger partial charge in [-0.1, -0.05) is 18.2 Å². The van der Waals surface area contributed by atoms with E-state index >= 15 is 0 Å². The van der Waals surface area contributed by atoms with E-state index in [1.807, 2.05) is 17.0 Å². The van der Waals surface area contributed by atoms with E-state index in [2.05, 4.69) is 46.7 Å². The molecule has 4 rings (SSSR count). The fraction of sp³-hybridized carbons (Fsp3) is 0.600. The number of carbonyl (C=O) groups excluding carboxylic acids is 2. The van der Waals surface area contributed by atoms with Gasteiger partial charge in [-0.05, 0) is 50.4 Å². The Morgan fingerprint density at radius 3 is 2.53 bits per heavy atom. The lowest BCUT2D eigenvalue weighted by Gasteiger charge is -2.34. The van der Waals surface area contributed by atoms with E-state index in [1.165, 1.54) is 10.9 Å². The number of likely N-dealkylation sites (tertiary alicyclic amines) is 1. The Morgan fingerprint density at radius 2 is 1.81 bits per heavy atom. The Balaban J connectivity index is 1.48. The predicted molar refractivity (Wildman–Crippen MR) is 127 cm³/mol. The normalized spacial score (nSPS) is 20.2. The van der Waals surface area contributed by atoms with Gasteiger partial charge >= 0.3 is 0 Å². The zero-order valence-electron chi connectivity index (χ0n) is 19.8. The summed E-state index contributed by atoms with van der Waals surface area (Å²) in [6.07, 6.45) is 2.62. The highest BCUT2D eigenvalue weighted by Gasteiger charge is 2.35. The van der Waals surface area contributed by atoms with Crippen molar-refractivity contribution in [2.75, 3.05) is 52.9 Å². The Morgan fingerprint density at radius 1 is 1.06 bits per heavy atom. The van der Waals surface area contributed by atoms with Gasteiger partial charge in [-0.15, -0.1) is 0 Å². The number of hydrogen-bond donors (Lipinski definition) is 0. The summed E-state index contributed by atoms with van der Waals surface area (Å²) in [6.45, 7) is 8.96. The van der Waals surface area contributed by atoms with Crippen LogP contribution in [0.1, 0.15) is 31.9 Å². The molecule has 2 amide bonds. The molecule has 3 heterocycles. The third-order valence-corrected chi connectivity index (χ3v) is 7.16. The molecule has 7 heteroatoms. The lowest BCUT2D eigenvalue weighted by atomic mass is 10.1. The monoisotopic (exact) mass is 439 g/mol. The van der Waals surface area contributed by atoms with E-state index in [4.69, 9.17) is 0 Å². The van der Waals surface area contributed by atoms with Gasteiger partial charge < -0.3 is 24.2 Å². The molecule has 0 bridgehead atoms. The van der Waals surface area contributed by atoms with Crippen molar-refractivity contribution in [3.8, 4) is 0 Å². The van der Waals surface area contributed by atoms with Crippen LogP contribution >= 0.6 is 0 Å². The molecular weight excluding hydrogens is 402 g/mol. The fourth-order valence-electron chi connectivity index (χ4n) is 5.13. The average molecular weight is 440 g/mol. The highest BCUT2D eigenvalue weighted by atomic mass is 16.2. The molecule has 0 saturated carbocycles. The van der Waals surface area contributed by atoms with Crippen LogP contribution in [0.4, 0.5) is 0 Å². The standard InChI is InChI=1S/C25H37N5O2/c1-20(31)30-13-6-10-24(30)25(32)29(12-7-11-28-16-14-26(2)15-17-28)19-22-18-21-8-4-5-9-23(21)27(22)3/h4-5,8-9,18,24H,6-7,10-17,19H2,1-3H3. The van der Waals surface area contributed by atoms with Crippen molar-refractivity contribution in [2.24, 2.45) is 7.05 Å². The number of rotatable bonds is 7. The third kappa shape index (κ3) is 4.99. The number of aryl methyl sites for hydroxylation is 1. The van der Waals surface area contributed by atoms with E-state index in [9.17, 15) is 9.59 Å². The highest BCUT2D eigenvalue weighted by molar-refractivity contribution is 5.88. The van der Waals surface area contributed by atoms with Crippen molar-refractivity contribution < 1.29 is 9.59 Å². The van der Waals surface area contributed by atoms with Crippen LogP contribution in [-0.2, 0) is 23.2 Å². The van der Waals surface area contributed by atoms with Crippen LogP contribution in [-0.4, -0.2) is 94.9 Å². The number of benzene rings is 1. The van der Waals surface area contributed by atoms with Crippen molar-refractivity contribution in [3.63, 3.8) is 0 Å². The molecule has 2 aliphatic heterocycles. The Hall–Kier alpha value is -2.38. The first-order chi connectivity index (χ1) is 15.4. The number of carbonyl (C=O) groups is 2. The van der Waals surface area contributed by atoms with Gasteiger partial charge in [0, 0.05) is 64.5 Å². The van der Waals surface area contributed by atoms with Crippen molar-refractivity contribution in [1.82, 2.24) is 24.2 Å². The number of fused-ring (bicyclic) bond motifs is 1. The molecule has 0 N–H and O–H groups in total. The summed E-state index contributed by atoms with van der Waals surface area (Å²) in [5.41, 5.74) is 2.31. The minimum absolute atomic E-state index is 0.00263. The molecule has 174 valence electrons. The Labute approximate surface area is 191 Å². The second-order valence-corrected chi connectivity index (χ2v) is 9.38. The quantitative estimate of drug-likeness (QED) is 0.664. The predicted octanol–water partition coefficient (Wildman–Crippen LogP) is 2.16. The van der Waals surface area contributed by atoms with Gasteiger partial charge in [-0.25, -0.2) is 0 Å². The average Bonchev–Trinajstić information content (AvgIpc) is 3.40. The lowest BCUT2D eigenvalue weighted by molar-refractivity contribution is -0.143. The first-order valence-corrected chi connectivity index (χ1v) is 11.9. The van der Waals surface area contributed by atoms with E-state index < -0.39 is 0 Å². The number of para-hydroxylation sites is 1. The number of hydrogen-bond acceptors (Lipinski definition) is 4. The molecule has 1 unspecified atom stereocenters. The second kappa shape index (κ2) is 10.0. The summed E-state index contributed by atoms with van der Waals surface area (Å²) in [5, 5.41) is 1.20. The van der Waals surface area contributed by atoms with E-state index in [1.54, 1.807) is 11.8 Å². The Kier molecular flexibility index (Phi) is 7.16. The van der Waals surface area contributed by atoms with Gasteiger partial charge in [-0.2, -0.15) is 0 Å². The Bertz CT molecular complexity index is 947. The molecule has 32 heavy (non-hydrogen) atoms. The van der Waals surface area contributed by atoms with Gasteiger partial charge in [0.2, 0.25) is 11.8 Å². The second-order valence-electron chi connectivity index (χ2n) is 9.38. The van der Waals surface area contributed by atoms with Crippen molar-refractivity contribution >= 4 is 22.7 Å². The summed E-state index contributed by atoms with van der Waals surface area (Å²) < 4.78 is 2.19. The lowest BCUT2D eigenvalue weighted by Crippen LogP contribution is -2.48. The number of nitrogens with zero attached hydrogens (tertiary/aromatic N) is 5. The van der Waals surface area contributed by atoms with Crippen molar-refractivity contribution in [1.29, 1.82) is 0 Å². The maximum Gasteiger partial charge on any atom is 0.245 e. The molecule has 0 aliphatic carbocycles. The maximum atomic E-state index is 13.6. The van der Waals surface area contributed by atoms with Crippen LogP contribution in [0, 0.1) is 0 Å². The van der Waals surface area contributed by atoms with Gasteiger partial charge in [0.25, 0.3) is 0 Å². The first-order valence-electron chi connectivity index (χ1n) is 11.9.